The summed E-state index contributed by atoms with van der Waals surface area (Å²) in [5, 5.41) is 10.3. The Morgan fingerprint density at radius 3 is 2.65 bits per heavy atom. The summed E-state index contributed by atoms with van der Waals surface area (Å²) in [6, 6.07) is 7.19. The SMILES string of the molecule is COc1ccccc1C(O)CC1=CC(=O)OC(C)(C)O1. The molecule has 1 aliphatic heterocycles. The van der Waals surface area contributed by atoms with Gasteiger partial charge in [0.25, 0.3) is 0 Å². The van der Waals surface area contributed by atoms with Gasteiger partial charge in [0.15, 0.2) is 0 Å². The van der Waals surface area contributed by atoms with Gasteiger partial charge in [-0.15, -0.1) is 0 Å². The molecular weight excluding hydrogens is 260 g/mol. The van der Waals surface area contributed by atoms with Crippen molar-refractivity contribution in [1.82, 2.24) is 0 Å². The van der Waals surface area contributed by atoms with Crippen molar-refractivity contribution in [3.05, 3.63) is 41.7 Å². The summed E-state index contributed by atoms with van der Waals surface area (Å²) < 4.78 is 15.7. The molecule has 1 unspecified atom stereocenters. The number of ether oxygens (including phenoxy) is 3. The van der Waals surface area contributed by atoms with Gasteiger partial charge in [0, 0.05) is 25.8 Å². The number of aliphatic hydroxyl groups excluding tert-OH is 1. The van der Waals surface area contributed by atoms with Gasteiger partial charge in [-0.3, -0.25) is 0 Å². The monoisotopic (exact) mass is 278 g/mol. The summed E-state index contributed by atoms with van der Waals surface area (Å²) in [5.74, 6) is -0.492. The molecule has 0 aromatic heterocycles. The maximum absolute atomic E-state index is 11.4. The molecule has 20 heavy (non-hydrogen) atoms. The van der Waals surface area contributed by atoms with Crippen LogP contribution in [0.25, 0.3) is 0 Å². The number of hydrogen-bond acceptors (Lipinski definition) is 5. The number of carbonyl (C=O) groups excluding carboxylic acids is 1. The van der Waals surface area contributed by atoms with Crippen LogP contribution in [0.15, 0.2) is 36.1 Å². The predicted octanol–water partition coefficient (Wildman–Crippen LogP) is 2.31. The topological polar surface area (TPSA) is 65.0 Å². The lowest BCUT2D eigenvalue weighted by Crippen LogP contribution is -2.34. The van der Waals surface area contributed by atoms with Gasteiger partial charge in [-0.05, 0) is 6.07 Å². The zero-order valence-electron chi connectivity index (χ0n) is 11.8. The Labute approximate surface area is 117 Å². The van der Waals surface area contributed by atoms with Crippen molar-refractivity contribution in [3.63, 3.8) is 0 Å². The number of carbonyl (C=O) groups is 1. The molecule has 0 spiro atoms. The molecule has 0 fully saturated rings. The standard InChI is InChI=1S/C15H18O5/c1-15(2)19-10(9-14(17)20-15)8-12(16)11-6-4-5-7-13(11)18-3/h4-7,9,12,16H,8H2,1-3H3. The maximum atomic E-state index is 11.4. The highest BCUT2D eigenvalue weighted by Crippen LogP contribution is 2.32. The van der Waals surface area contributed by atoms with Gasteiger partial charge in [0.2, 0.25) is 5.79 Å². The van der Waals surface area contributed by atoms with E-state index in [-0.39, 0.29) is 6.42 Å². The molecule has 0 aliphatic carbocycles. The van der Waals surface area contributed by atoms with Crippen LogP contribution >= 0.6 is 0 Å². The van der Waals surface area contributed by atoms with E-state index >= 15 is 0 Å². The van der Waals surface area contributed by atoms with Gasteiger partial charge in [-0.25, -0.2) is 4.79 Å². The van der Waals surface area contributed by atoms with Gasteiger partial charge < -0.3 is 19.3 Å². The molecule has 1 aromatic carbocycles. The Hall–Kier alpha value is -2.01. The van der Waals surface area contributed by atoms with E-state index in [1.54, 1.807) is 33.1 Å². The van der Waals surface area contributed by atoms with Crippen LogP contribution in [0.3, 0.4) is 0 Å². The average Bonchev–Trinajstić information content (AvgIpc) is 2.36. The summed E-state index contributed by atoms with van der Waals surface area (Å²) >= 11 is 0. The minimum Gasteiger partial charge on any atom is -0.496 e. The van der Waals surface area contributed by atoms with Crippen LogP contribution in [0.5, 0.6) is 5.75 Å². The number of aliphatic hydroxyl groups is 1. The molecule has 0 bridgehead atoms. The van der Waals surface area contributed by atoms with Crippen LogP contribution < -0.4 is 4.74 Å². The third-order valence-electron chi connectivity index (χ3n) is 2.89. The number of cyclic esters (lactones) is 1. The van der Waals surface area contributed by atoms with E-state index in [2.05, 4.69) is 0 Å². The van der Waals surface area contributed by atoms with E-state index in [1.807, 2.05) is 12.1 Å². The van der Waals surface area contributed by atoms with Gasteiger partial charge in [0.05, 0.1) is 19.3 Å². The molecule has 2 rings (SSSR count). The van der Waals surface area contributed by atoms with Crippen molar-refractivity contribution in [2.75, 3.05) is 7.11 Å². The molecule has 1 aromatic rings. The maximum Gasteiger partial charge on any atom is 0.337 e. The lowest BCUT2D eigenvalue weighted by molar-refractivity contribution is -0.206. The molecule has 1 heterocycles. The van der Waals surface area contributed by atoms with Crippen molar-refractivity contribution in [2.45, 2.75) is 32.2 Å². The number of rotatable bonds is 4. The fourth-order valence-electron chi connectivity index (χ4n) is 2.11. The molecule has 0 saturated carbocycles. The normalized spacial score (nSPS) is 18.6. The first-order valence-corrected chi connectivity index (χ1v) is 6.35. The second-order valence-electron chi connectivity index (χ2n) is 5.00. The summed E-state index contributed by atoms with van der Waals surface area (Å²) in [5.41, 5.74) is 0.649. The molecule has 0 radical (unpaired) electrons. The van der Waals surface area contributed by atoms with E-state index in [0.717, 1.165) is 0 Å². The molecule has 1 N–H and O–H groups in total. The van der Waals surface area contributed by atoms with E-state index in [1.165, 1.54) is 6.08 Å². The zero-order valence-corrected chi connectivity index (χ0v) is 11.8. The fourth-order valence-corrected chi connectivity index (χ4v) is 2.11. The summed E-state index contributed by atoms with van der Waals surface area (Å²) in [7, 11) is 1.54. The van der Waals surface area contributed by atoms with Crippen molar-refractivity contribution in [3.8, 4) is 5.75 Å². The highest BCUT2D eigenvalue weighted by Gasteiger charge is 2.31. The average molecular weight is 278 g/mol. The second kappa shape index (κ2) is 5.54. The van der Waals surface area contributed by atoms with Crippen LogP contribution in [0.2, 0.25) is 0 Å². The molecule has 0 amide bonds. The molecule has 0 saturated heterocycles. The first kappa shape index (κ1) is 14.4. The van der Waals surface area contributed by atoms with Crippen LogP contribution in [-0.2, 0) is 14.3 Å². The molecular formula is C15H18O5. The summed E-state index contributed by atoms with van der Waals surface area (Å²) in [6.07, 6.45) is 0.613. The molecule has 5 nitrogen and oxygen atoms in total. The number of hydrogen-bond donors (Lipinski definition) is 1. The van der Waals surface area contributed by atoms with Crippen LogP contribution in [0.1, 0.15) is 31.9 Å². The Balaban J connectivity index is 2.15. The quantitative estimate of drug-likeness (QED) is 0.856. The summed E-state index contributed by atoms with van der Waals surface area (Å²) in [6.45, 7) is 3.29. The first-order chi connectivity index (χ1) is 9.41. The molecule has 108 valence electrons. The van der Waals surface area contributed by atoms with E-state index in [9.17, 15) is 9.90 Å². The Kier molecular flexibility index (Phi) is 3.99. The van der Waals surface area contributed by atoms with Crippen molar-refractivity contribution < 1.29 is 24.1 Å². The lowest BCUT2D eigenvalue weighted by atomic mass is 10.0. The number of esters is 1. The van der Waals surface area contributed by atoms with Crippen molar-refractivity contribution >= 4 is 5.97 Å². The molecule has 5 heteroatoms. The number of para-hydroxylation sites is 1. The van der Waals surface area contributed by atoms with Crippen molar-refractivity contribution in [2.24, 2.45) is 0 Å². The Bertz CT molecular complexity index is 533. The van der Waals surface area contributed by atoms with Gasteiger partial charge in [0.1, 0.15) is 11.5 Å². The van der Waals surface area contributed by atoms with Gasteiger partial charge in [-0.2, -0.15) is 0 Å². The van der Waals surface area contributed by atoms with Crippen LogP contribution in [0.4, 0.5) is 0 Å². The van der Waals surface area contributed by atoms with E-state index in [4.69, 9.17) is 14.2 Å². The second-order valence-corrected chi connectivity index (χ2v) is 5.00. The van der Waals surface area contributed by atoms with Gasteiger partial charge in [-0.1, -0.05) is 18.2 Å². The fraction of sp³-hybridized carbons (Fsp3) is 0.400. The number of benzene rings is 1. The van der Waals surface area contributed by atoms with Crippen LogP contribution in [-0.4, -0.2) is 24.0 Å². The lowest BCUT2D eigenvalue weighted by Gasteiger charge is -2.31. The number of methoxy groups -OCH3 is 1. The van der Waals surface area contributed by atoms with E-state index in [0.29, 0.717) is 17.1 Å². The predicted molar refractivity (Wildman–Crippen MR) is 71.9 cm³/mol. The molecule has 1 aliphatic rings. The smallest absolute Gasteiger partial charge is 0.337 e. The van der Waals surface area contributed by atoms with Crippen LogP contribution in [0, 0.1) is 0 Å². The largest absolute Gasteiger partial charge is 0.496 e. The Morgan fingerprint density at radius 2 is 2.00 bits per heavy atom. The zero-order chi connectivity index (χ0) is 14.8. The summed E-state index contributed by atoms with van der Waals surface area (Å²) in [4.78, 5) is 11.4. The first-order valence-electron chi connectivity index (χ1n) is 6.35. The minimum absolute atomic E-state index is 0.179. The van der Waals surface area contributed by atoms with E-state index < -0.39 is 17.9 Å². The third-order valence-corrected chi connectivity index (χ3v) is 2.89. The van der Waals surface area contributed by atoms with Crippen molar-refractivity contribution in [1.29, 1.82) is 0 Å². The molecule has 1 atom stereocenters. The third kappa shape index (κ3) is 3.30. The Morgan fingerprint density at radius 1 is 1.30 bits per heavy atom. The highest BCUT2D eigenvalue weighted by atomic mass is 16.7. The minimum atomic E-state index is -1.01. The highest BCUT2D eigenvalue weighted by molar-refractivity contribution is 5.83. The van der Waals surface area contributed by atoms with Gasteiger partial charge >= 0.3 is 5.97 Å².